The van der Waals surface area contributed by atoms with Crippen LogP contribution < -0.4 is 16.6 Å². The van der Waals surface area contributed by atoms with Crippen LogP contribution in [-0.2, 0) is 0 Å². The van der Waals surface area contributed by atoms with Gasteiger partial charge in [0, 0.05) is 11.4 Å². The molecule has 0 bridgehead atoms. The van der Waals surface area contributed by atoms with E-state index in [2.05, 4.69) is 20.6 Å². The molecule has 0 saturated carbocycles. The van der Waals surface area contributed by atoms with Gasteiger partial charge in [0.2, 0.25) is 0 Å². The van der Waals surface area contributed by atoms with Gasteiger partial charge in [0.05, 0.1) is 22.6 Å². The fraction of sp³-hybridized carbons (Fsp3) is 0.0870. The second kappa shape index (κ2) is 8.03. The van der Waals surface area contributed by atoms with Crippen LogP contribution in [0.15, 0.2) is 71.9 Å². The van der Waals surface area contributed by atoms with Crippen molar-refractivity contribution >= 4 is 39.6 Å². The molecule has 3 heterocycles. The summed E-state index contributed by atoms with van der Waals surface area (Å²) >= 11 is 6.36. The molecule has 9 nitrogen and oxygen atoms in total. The maximum absolute atomic E-state index is 13.5. The highest BCUT2D eigenvalue weighted by Gasteiger charge is 2.23. The van der Waals surface area contributed by atoms with Crippen molar-refractivity contribution in [1.82, 2.24) is 29.7 Å². The molecule has 5 rings (SSSR count). The van der Waals surface area contributed by atoms with E-state index in [9.17, 15) is 9.59 Å². The Labute approximate surface area is 192 Å². The number of amides is 1. The molecule has 1 atom stereocenters. The van der Waals surface area contributed by atoms with Gasteiger partial charge in [0.25, 0.3) is 11.5 Å². The van der Waals surface area contributed by atoms with Gasteiger partial charge in [-0.1, -0.05) is 41.9 Å². The maximum atomic E-state index is 13.5. The Kier molecular flexibility index (Phi) is 5.02. The number of nitrogens with two attached hydrogens (primary N) is 1. The molecule has 0 aliphatic carbocycles. The number of nitrogens with one attached hydrogen (secondary N) is 1. The van der Waals surface area contributed by atoms with E-state index in [1.807, 2.05) is 42.5 Å². The average Bonchev–Trinajstić information content (AvgIpc) is 3.15. The summed E-state index contributed by atoms with van der Waals surface area (Å²) in [6.07, 6.45) is 2.78. The first kappa shape index (κ1) is 20.7. The molecule has 33 heavy (non-hydrogen) atoms. The lowest BCUT2D eigenvalue weighted by molar-refractivity contribution is 0.0941. The highest BCUT2D eigenvalue weighted by molar-refractivity contribution is 6.35. The van der Waals surface area contributed by atoms with Crippen molar-refractivity contribution < 1.29 is 4.79 Å². The summed E-state index contributed by atoms with van der Waals surface area (Å²) in [4.78, 5) is 26.7. The number of hydrogen-bond donors (Lipinski definition) is 2. The molecule has 0 fully saturated rings. The number of fused-ring (bicyclic) bond motifs is 2. The molecule has 0 radical (unpaired) electrons. The highest BCUT2D eigenvalue weighted by Crippen LogP contribution is 2.26. The molecule has 0 spiro atoms. The van der Waals surface area contributed by atoms with Gasteiger partial charge in [-0.25, -0.2) is 4.52 Å². The number of carbonyl (C=O) groups is 1. The minimum Gasteiger partial charge on any atom is -0.382 e. The first-order valence-electron chi connectivity index (χ1n) is 10.1. The van der Waals surface area contributed by atoms with Crippen molar-refractivity contribution in [3.8, 4) is 5.69 Å². The van der Waals surface area contributed by atoms with Crippen molar-refractivity contribution in [1.29, 1.82) is 0 Å². The standard InChI is InChI=1S/C23H18ClN7O2/c1-13(28-22(32)20-18-11-26-27-12-30(18)29-21(20)25)17-10-14-6-5-9-16(24)19(14)23(33)31(17)15-7-3-2-4-8-15/h2-13H,1H3,(H2,25,29)(H,28,32)/t13-/m0/s1. The topological polar surface area (TPSA) is 120 Å². The number of halogens is 1. The molecule has 5 aromatic rings. The van der Waals surface area contributed by atoms with Crippen molar-refractivity contribution in [2.75, 3.05) is 5.73 Å². The molecule has 0 saturated heterocycles. The Balaban J connectivity index is 1.64. The molecule has 3 N–H and O–H groups in total. The fourth-order valence-electron chi connectivity index (χ4n) is 3.92. The van der Waals surface area contributed by atoms with Crippen LogP contribution in [0.5, 0.6) is 0 Å². The molecule has 1 amide bonds. The van der Waals surface area contributed by atoms with E-state index in [0.29, 0.717) is 32.7 Å². The van der Waals surface area contributed by atoms with E-state index in [1.54, 1.807) is 23.6 Å². The first-order valence-corrected chi connectivity index (χ1v) is 10.5. The number of nitrogen functional groups attached to an aromatic ring is 1. The van der Waals surface area contributed by atoms with Gasteiger partial charge in [-0.05, 0) is 36.6 Å². The Bertz CT molecular complexity index is 1580. The van der Waals surface area contributed by atoms with Crippen LogP contribution in [0.3, 0.4) is 0 Å². The molecule has 3 aromatic heterocycles. The zero-order valence-electron chi connectivity index (χ0n) is 17.4. The lowest BCUT2D eigenvalue weighted by Gasteiger charge is -2.21. The summed E-state index contributed by atoms with van der Waals surface area (Å²) in [5.74, 6) is -0.388. The third kappa shape index (κ3) is 3.48. The second-order valence-electron chi connectivity index (χ2n) is 7.51. The molecular weight excluding hydrogens is 442 g/mol. The minimum atomic E-state index is -0.557. The number of rotatable bonds is 4. The number of anilines is 1. The molecule has 164 valence electrons. The number of para-hydroxylation sites is 1. The number of carbonyl (C=O) groups excluding carboxylic acids is 1. The van der Waals surface area contributed by atoms with Crippen LogP contribution in [0.4, 0.5) is 5.82 Å². The van der Waals surface area contributed by atoms with Crippen LogP contribution in [-0.4, -0.2) is 30.3 Å². The average molecular weight is 460 g/mol. The van der Waals surface area contributed by atoms with Gasteiger partial charge in [-0.15, -0.1) is 10.2 Å². The SMILES string of the molecule is C[C@H](NC(=O)c1c(N)nn2cnncc12)c1cc2cccc(Cl)c2c(=O)n1-c1ccccc1. The van der Waals surface area contributed by atoms with Gasteiger partial charge < -0.3 is 11.1 Å². The molecule has 0 unspecified atom stereocenters. The third-order valence-electron chi connectivity index (χ3n) is 5.44. The van der Waals surface area contributed by atoms with Crippen LogP contribution in [0, 0.1) is 0 Å². The minimum absolute atomic E-state index is 0.0558. The number of benzene rings is 2. The predicted octanol–water partition coefficient (Wildman–Crippen LogP) is 3.16. The van der Waals surface area contributed by atoms with Gasteiger partial charge in [0.1, 0.15) is 17.4 Å². The second-order valence-corrected chi connectivity index (χ2v) is 7.92. The monoisotopic (exact) mass is 459 g/mol. The zero-order chi connectivity index (χ0) is 23.1. The Morgan fingerprint density at radius 1 is 1.12 bits per heavy atom. The molecular formula is C23H18ClN7O2. The van der Waals surface area contributed by atoms with Crippen molar-refractivity contribution in [2.45, 2.75) is 13.0 Å². The largest absolute Gasteiger partial charge is 0.382 e. The smallest absolute Gasteiger partial charge is 0.264 e. The van der Waals surface area contributed by atoms with Crippen LogP contribution in [0.25, 0.3) is 22.0 Å². The Hall–Kier alpha value is -4.24. The van der Waals surface area contributed by atoms with Crippen molar-refractivity contribution in [3.63, 3.8) is 0 Å². The van der Waals surface area contributed by atoms with E-state index in [4.69, 9.17) is 17.3 Å². The Morgan fingerprint density at radius 2 is 1.91 bits per heavy atom. The number of aromatic nitrogens is 5. The molecule has 10 heteroatoms. The molecule has 0 aliphatic heterocycles. The van der Waals surface area contributed by atoms with E-state index >= 15 is 0 Å². The van der Waals surface area contributed by atoms with Gasteiger partial charge in [0.15, 0.2) is 5.82 Å². The fourth-order valence-corrected chi connectivity index (χ4v) is 4.18. The number of pyridine rings is 1. The lowest BCUT2D eigenvalue weighted by atomic mass is 10.1. The maximum Gasteiger partial charge on any atom is 0.264 e. The van der Waals surface area contributed by atoms with Crippen LogP contribution in [0.1, 0.15) is 29.0 Å². The Morgan fingerprint density at radius 3 is 2.70 bits per heavy atom. The summed E-state index contributed by atoms with van der Waals surface area (Å²) in [6.45, 7) is 1.80. The first-order chi connectivity index (χ1) is 16.0. The van der Waals surface area contributed by atoms with Gasteiger partial charge in [-0.3, -0.25) is 14.2 Å². The summed E-state index contributed by atoms with van der Waals surface area (Å²) in [7, 11) is 0. The van der Waals surface area contributed by atoms with Gasteiger partial charge in [-0.2, -0.15) is 5.10 Å². The normalized spacial score (nSPS) is 12.2. The molecule has 2 aromatic carbocycles. The molecule has 0 aliphatic rings. The summed E-state index contributed by atoms with van der Waals surface area (Å²) in [5.41, 5.74) is 7.58. The summed E-state index contributed by atoms with van der Waals surface area (Å²) < 4.78 is 2.95. The predicted molar refractivity (Wildman–Crippen MR) is 126 cm³/mol. The van der Waals surface area contributed by atoms with E-state index in [1.165, 1.54) is 17.0 Å². The highest BCUT2D eigenvalue weighted by atomic mass is 35.5. The zero-order valence-corrected chi connectivity index (χ0v) is 18.2. The van der Waals surface area contributed by atoms with E-state index in [0.717, 1.165) is 0 Å². The van der Waals surface area contributed by atoms with Crippen LogP contribution in [0.2, 0.25) is 5.02 Å². The summed E-state index contributed by atoms with van der Waals surface area (Å²) in [6, 6.07) is 15.8. The van der Waals surface area contributed by atoms with Gasteiger partial charge >= 0.3 is 0 Å². The lowest BCUT2D eigenvalue weighted by Crippen LogP contribution is -2.32. The van der Waals surface area contributed by atoms with Crippen molar-refractivity contribution in [2.24, 2.45) is 0 Å². The number of hydrogen-bond acceptors (Lipinski definition) is 6. The third-order valence-corrected chi connectivity index (χ3v) is 5.75. The van der Waals surface area contributed by atoms with E-state index < -0.39 is 11.9 Å². The quantitative estimate of drug-likeness (QED) is 0.426. The number of nitrogens with zero attached hydrogens (tertiary/aromatic N) is 5. The van der Waals surface area contributed by atoms with Crippen LogP contribution >= 0.6 is 11.6 Å². The van der Waals surface area contributed by atoms with E-state index in [-0.39, 0.29) is 16.9 Å². The summed E-state index contributed by atoms with van der Waals surface area (Å²) in [5, 5.41) is 16.1. The van der Waals surface area contributed by atoms with Crippen molar-refractivity contribution in [3.05, 3.63) is 93.8 Å².